The molecule has 110 valence electrons. The minimum atomic E-state index is -0.700. The Morgan fingerprint density at radius 2 is 2.15 bits per heavy atom. The van der Waals surface area contributed by atoms with Gasteiger partial charge in [0.1, 0.15) is 5.92 Å². The monoisotopic (exact) mass is 280 g/mol. The Balaban J connectivity index is 2.15. The van der Waals surface area contributed by atoms with E-state index in [0.717, 1.165) is 0 Å². The molecule has 0 radical (unpaired) electrons. The van der Waals surface area contributed by atoms with Gasteiger partial charge in [0.15, 0.2) is 0 Å². The van der Waals surface area contributed by atoms with Crippen molar-refractivity contribution in [1.29, 1.82) is 0 Å². The molecule has 0 aromatic heterocycles. The van der Waals surface area contributed by atoms with Gasteiger partial charge in [0.2, 0.25) is 11.8 Å². The van der Waals surface area contributed by atoms with E-state index in [2.05, 4.69) is 18.5 Å². The lowest BCUT2D eigenvalue weighted by atomic mass is 10.1. The molecule has 1 atom stereocenters. The van der Waals surface area contributed by atoms with Gasteiger partial charge in [-0.1, -0.05) is 13.2 Å². The number of nitrogens with one attached hydrogen (secondary N) is 1. The molecule has 1 aliphatic rings. The van der Waals surface area contributed by atoms with Gasteiger partial charge in [0.05, 0.1) is 6.61 Å². The number of ether oxygens (including phenoxy) is 1. The summed E-state index contributed by atoms with van der Waals surface area (Å²) < 4.78 is 5.07. The summed E-state index contributed by atoms with van der Waals surface area (Å²) in [5.41, 5.74) is 0. The van der Waals surface area contributed by atoms with Gasteiger partial charge in [-0.3, -0.25) is 14.4 Å². The van der Waals surface area contributed by atoms with Crippen molar-refractivity contribution >= 4 is 17.8 Å². The number of esters is 1. The number of nitrogens with zero attached hydrogens (tertiary/aromatic N) is 1. The number of amides is 2. The normalized spacial score (nSPS) is 17.7. The van der Waals surface area contributed by atoms with Crippen LogP contribution in [0, 0.1) is 5.92 Å². The zero-order valence-corrected chi connectivity index (χ0v) is 11.5. The Bertz CT molecular complexity index is 406. The van der Waals surface area contributed by atoms with Crippen molar-refractivity contribution in [3.05, 3.63) is 25.4 Å². The molecule has 0 aliphatic carbocycles. The predicted octanol–water partition coefficient (Wildman–Crippen LogP) is 0.604. The van der Waals surface area contributed by atoms with E-state index in [1.807, 2.05) is 0 Å². The fourth-order valence-corrected chi connectivity index (χ4v) is 1.89. The first-order chi connectivity index (χ1) is 9.60. The molecule has 0 bridgehead atoms. The standard InChI is InChI=1S/C14H20N2O4/c1-3-12(17)15-8-5-6-10-20-14(19)11-7-9-16(4-2)13(11)18/h3-4,11H,1-2,5-10H2,(H,15,17). The quantitative estimate of drug-likeness (QED) is 0.306. The summed E-state index contributed by atoms with van der Waals surface area (Å²) in [6.45, 7) is 8.12. The van der Waals surface area contributed by atoms with Crippen molar-refractivity contribution in [2.45, 2.75) is 19.3 Å². The highest BCUT2D eigenvalue weighted by molar-refractivity contribution is 5.99. The molecule has 0 saturated carbocycles. The highest BCUT2D eigenvalue weighted by atomic mass is 16.5. The Morgan fingerprint density at radius 3 is 2.75 bits per heavy atom. The van der Waals surface area contributed by atoms with Gasteiger partial charge >= 0.3 is 5.97 Å². The number of unbranched alkanes of at least 4 members (excludes halogenated alkanes) is 1. The molecule has 6 heteroatoms. The summed E-state index contributed by atoms with van der Waals surface area (Å²) in [6.07, 6.45) is 4.44. The van der Waals surface area contributed by atoms with Crippen LogP contribution in [0.25, 0.3) is 0 Å². The van der Waals surface area contributed by atoms with Crippen molar-refractivity contribution in [3.63, 3.8) is 0 Å². The highest BCUT2D eigenvalue weighted by Crippen LogP contribution is 2.19. The van der Waals surface area contributed by atoms with Gasteiger partial charge in [0.25, 0.3) is 0 Å². The van der Waals surface area contributed by atoms with Crippen LogP contribution in [0.3, 0.4) is 0 Å². The lowest BCUT2D eigenvalue weighted by Crippen LogP contribution is -2.28. The van der Waals surface area contributed by atoms with E-state index in [-0.39, 0.29) is 18.4 Å². The first-order valence-electron chi connectivity index (χ1n) is 6.60. The predicted molar refractivity (Wildman–Crippen MR) is 73.4 cm³/mol. The summed E-state index contributed by atoms with van der Waals surface area (Å²) >= 11 is 0. The average Bonchev–Trinajstić information content (AvgIpc) is 2.83. The van der Waals surface area contributed by atoms with Gasteiger partial charge in [-0.2, -0.15) is 0 Å². The van der Waals surface area contributed by atoms with Crippen LogP contribution in [0.15, 0.2) is 25.4 Å². The van der Waals surface area contributed by atoms with Crippen LogP contribution in [0.4, 0.5) is 0 Å². The van der Waals surface area contributed by atoms with Gasteiger partial charge < -0.3 is 15.0 Å². The third kappa shape index (κ3) is 4.53. The van der Waals surface area contributed by atoms with Crippen molar-refractivity contribution in [2.75, 3.05) is 19.7 Å². The average molecular weight is 280 g/mol. The number of rotatable bonds is 8. The number of likely N-dealkylation sites (tertiary alicyclic amines) is 1. The molecule has 1 aliphatic heterocycles. The van der Waals surface area contributed by atoms with E-state index in [1.165, 1.54) is 17.2 Å². The number of hydrogen-bond acceptors (Lipinski definition) is 4. The van der Waals surface area contributed by atoms with E-state index in [9.17, 15) is 14.4 Å². The maximum absolute atomic E-state index is 11.7. The van der Waals surface area contributed by atoms with E-state index in [4.69, 9.17) is 4.74 Å². The molecule has 1 heterocycles. The molecule has 1 saturated heterocycles. The molecule has 1 rings (SSSR count). The molecule has 20 heavy (non-hydrogen) atoms. The molecule has 1 fully saturated rings. The van der Waals surface area contributed by atoms with Crippen LogP contribution in [0.1, 0.15) is 19.3 Å². The van der Waals surface area contributed by atoms with E-state index >= 15 is 0 Å². The second kappa shape index (κ2) is 8.14. The molecule has 6 nitrogen and oxygen atoms in total. The second-order valence-electron chi connectivity index (χ2n) is 4.43. The lowest BCUT2D eigenvalue weighted by Gasteiger charge is -2.11. The minimum absolute atomic E-state index is 0.219. The van der Waals surface area contributed by atoms with Crippen LogP contribution >= 0.6 is 0 Å². The van der Waals surface area contributed by atoms with Crippen LogP contribution in [-0.2, 0) is 19.1 Å². The molecule has 2 amide bonds. The van der Waals surface area contributed by atoms with Crippen LogP contribution in [0.2, 0.25) is 0 Å². The highest BCUT2D eigenvalue weighted by Gasteiger charge is 2.36. The third-order valence-corrected chi connectivity index (χ3v) is 3.04. The van der Waals surface area contributed by atoms with Crippen LogP contribution < -0.4 is 5.32 Å². The summed E-state index contributed by atoms with van der Waals surface area (Å²) in [7, 11) is 0. The largest absolute Gasteiger partial charge is 0.465 e. The lowest BCUT2D eigenvalue weighted by molar-refractivity contribution is -0.152. The minimum Gasteiger partial charge on any atom is -0.465 e. The fraction of sp³-hybridized carbons (Fsp3) is 0.500. The van der Waals surface area contributed by atoms with Crippen molar-refractivity contribution in [3.8, 4) is 0 Å². The Morgan fingerprint density at radius 1 is 1.40 bits per heavy atom. The molecule has 0 aromatic carbocycles. The smallest absolute Gasteiger partial charge is 0.318 e. The fourth-order valence-electron chi connectivity index (χ4n) is 1.89. The van der Waals surface area contributed by atoms with Gasteiger partial charge in [-0.25, -0.2) is 0 Å². The van der Waals surface area contributed by atoms with Crippen LogP contribution in [0.5, 0.6) is 0 Å². The van der Waals surface area contributed by atoms with Crippen molar-refractivity contribution in [1.82, 2.24) is 10.2 Å². The zero-order chi connectivity index (χ0) is 15.0. The van der Waals surface area contributed by atoms with Crippen molar-refractivity contribution in [2.24, 2.45) is 5.92 Å². The summed E-state index contributed by atoms with van der Waals surface area (Å²) in [5.74, 6) is -1.64. The van der Waals surface area contributed by atoms with Crippen LogP contribution in [-0.4, -0.2) is 42.4 Å². The maximum Gasteiger partial charge on any atom is 0.318 e. The molecule has 1 N–H and O–H groups in total. The van der Waals surface area contributed by atoms with Gasteiger partial charge in [-0.05, 0) is 31.5 Å². The molecule has 0 aromatic rings. The topological polar surface area (TPSA) is 75.7 Å². The maximum atomic E-state index is 11.7. The number of hydrogen-bond donors (Lipinski definition) is 1. The Hall–Kier alpha value is -2.11. The number of carbonyl (C=O) groups excluding carboxylic acids is 3. The first-order valence-corrected chi connectivity index (χ1v) is 6.60. The van der Waals surface area contributed by atoms with E-state index < -0.39 is 11.9 Å². The summed E-state index contributed by atoms with van der Waals surface area (Å²) in [4.78, 5) is 35.7. The SMILES string of the molecule is C=CC(=O)NCCCCOC(=O)C1CCN(C=C)C1=O. The van der Waals surface area contributed by atoms with E-state index in [0.29, 0.717) is 32.4 Å². The third-order valence-electron chi connectivity index (χ3n) is 3.04. The summed E-state index contributed by atoms with van der Waals surface area (Å²) in [6, 6.07) is 0. The Labute approximate surface area is 118 Å². The molecular formula is C14H20N2O4. The molecule has 1 unspecified atom stereocenters. The molecular weight excluding hydrogens is 260 g/mol. The van der Waals surface area contributed by atoms with Crippen molar-refractivity contribution < 1.29 is 19.1 Å². The Kier molecular flexibility index (Phi) is 6.49. The molecule has 0 spiro atoms. The second-order valence-corrected chi connectivity index (χ2v) is 4.43. The summed E-state index contributed by atoms with van der Waals surface area (Å²) in [5, 5.41) is 2.63. The van der Waals surface area contributed by atoms with E-state index in [1.54, 1.807) is 0 Å². The first kappa shape index (κ1) is 15.9. The van der Waals surface area contributed by atoms with Gasteiger partial charge in [-0.15, -0.1) is 0 Å². The van der Waals surface area contributed by atoms with Gasteiger partial charge in [0, 0.05) is 13.1 Å². The number of carbonyl (C=O) groups is 3. The zero-order valence-electron chi connectivity index (χ0n) is 11.5.